The number of aromatic nitrogens is 5. The van der Waals surface area contributed by atoms with E-state index in [9.17, 15) is 33.3 Å². The van der Waals surface area contributed by atoms with Gasteiger partial charge in [0.25, 0.3) is 11.3 Å². The molecule has 0 aliphatic heterocycles. The Labute approximate surface area is 239 Å². The highest BCUT2D eigenvalue weighted by Gasteiger charge is 2.60. The first-order valence-electron chi connectivity index (χ1n) is 12.2. The van der Waals surface area contributed by atoms with Gasteiger partial charge in [-0.3, -0.25) is 10.1 Å². The van der Waals surface area contributed by atoms with Crippen LogP contribution in [0.2, 0.25) is 0 Å². The van der Waals surface area contributed by atoms with E-state index < -0.39 is 34.8 Å². The molecule has 5 rings (SSSR count). The van der Waals surface area contributed by atoms with Crippen LogP contribution >= 0.6 is 11.3 Å². The van der Waals surface area contributed by atoms with Crippen molar-refractivity contribution in [3.05, 3.63) is 98.2 Å². The van der Waals surface area contributed by atoms with E-state index in [4.69, 9.17) is 4.74 Å². The number of ether oxygens (including phenoxy) is 1. The minimum Gasteiger partial charge on any atom is -0.439 e. The van der Waals surface area contributed by atoms with Crippen molar-refractivity contribution >= 4 is 33.9 Å². The molecule has 0 radical (unpaired) electrons. The quantitative estimate of drug-likeness (QED) is 0.123. The molecule has 11 nitrogen and oxygen atoms in total. The maximum atomic E-state index is 14.5. The van der Waals surface area contributed by atoms with Crippen LogP contribution in [-0.2, 0) is 16.9 Å². The molecule has 2 aromatic carbocycles. The van der Waals surface area contributed by atoms with Crippen molar-refractivity contribution in [1.82, 2.24) is 25.0 Å². The fourth-order valence-electron chi connectivity index (χ4n) is 4.38. The summed E-state index contributed by atoms with van der Waals surface area (Å²) in [4.78, 5) is 31.6. The molecule has 0 spiro atoms. The number of benzene rings is 2. The number of hydrogen-bond acceptors (Lipinski definition) is 10. The second kappa shape index (κ2) is 11.0. The summed E-state index contributed by atoms with van der Waals surface area (Å²) in [7, 11) is 0. The Morgan fingerprint density at radius 3 is 2.57 bits per heavy atom. The third kappa shape index (κ3) is 5.27. The van der Waals surface area contributed by atoms with Crippen LogP contribution in [0.3, 0.4) is 0 Å². The number of hydrogen-bond donors (Lipinski definition) is 0. The number of pyridine rings is 1. The third-order valence-electron chi connectivity index (χ3n) is 6.53. The van der Waals surface area contributed by atoms with Gasteiger partial charge >= 0.3 is 12.1 Å². The van der Waals surface area contributed by atoms with E-state index in [-0.39, 0.29) is 23.5 Å². The predicted octanol–water partition coefficient (Wildman–Crippen LogP) is 5.80. The van der Waals surface area contributed by atoms with E-state index in [0.717, 1.165) is 41.4 Å². The van der Waals surface area contributed by atoms with Gasteiger partial charge in [0.2, 0.25) is 0 Å². The molecule has 1 atom stereocenters. The first kappa shape index (κ1) is 28.3. The lowest BCUT2D eigenvalue weighted by Crippen LogP contribution is -2.46. The highest BCUT2D eigenvalue weighted by Crippen LogP contribution is 2.44. The number of nitriles is 1. The number of rotatable bonds is 8. The van der Waals surface area contributed by atoms with E-state index in [1.54, 1.807) is 29.8 Å². The molecule has 0 fully saturated rings. The number of carbonyl (C=O) groups is 1. The van der Waals surface area contributed by atoms with E-state index in [2.05, 4.69) is 20.3 Å². The Balaban J connectivity index is 1.45. The molecule has 3 aromatic heterocycles. The molecular weight excluding hydrogens is 575 g/mol. The summed E-state index contributed by atoms with van der Waals surface area (Å²) < 4.78 is 49.6. The van der Waals surface area contributed by atoms with Crippen LogP contribution in [-0.4, -0.2) is 42.0 Å². The second-order valence-corrected chi connectivity index (χ2v) is 9.78. The standard InChI is InChI=1S/C27H18F3N7O4S/c1-2-26(27(28,29)30,41-25(38)17-4-6-19(7-5-17)37(39)40)24-13-36(35-34-24)12-16-3-8-20-21(23-14-42-15-32-23)10-18(11-31)33-22(20)9-16/h3-10,13-15H,2,12H2,1H3/t26-/m0/s1. The molecule has 0 aliphatic carbocycles. The number of non-ortho nitro benzene ring substituents is 1. The van der Waals surface area contributed by atoms with Gasteiger partial charge in [-0.25, -0.2) is 19.4 Å². The van der Waals surface area contributed by atoms with Crippen molar-refractivity contribution in [2.75, 3.05) is 0 Å². The number of nitro benzene ring substituents is 1. The molecule has 212 valence electrons. The van der Waals surface area contributed by atoms with Crippen LogP contribution in [0.5, 0.6) is 0 Å². The Morgan fingerprint density at radius 1 is 1.19 bits per heavy atom. The summed E-state index contributed by atoms with van der Waals surface area (Å²) in [5, 5.41) is 30.4. The van der Waals surface area contributed by atoms with E-state index in [1.807, 2.05) is 11.4 Å². The fraction of sp³-hybridized carbons (Fsp3) is 0.185. The first-order valence-corrected chi connectivity index (χ1v) is 13.2. The fourth-order valence-corrected chi connectivity index (χ4v) is 4.93. The van der Waals surface area contributed by atoms with Gasteiger partial charge < -0.3 is 4.74 Å². The number of nitrogens with zero attached hydrogens (tertiary/aromatic N) is 7. The third-order valence-corrected chi connectivity index (χ3v) is 7.12. The topological polar surface area (TPSA) is 150 Å². The Morgan fingerprint density at radius 2 is 1.95 bits per heavy atom. The maximum absolute atomic E-state index is 14.5. The first-order chi connectivity index (χ1) is 20.0. The van der Waals surface area contributed by atoms with E-state index in [1.165, 1.54) is 22.9 Å². The van der Waals surface area contributed by atoms with Crippen LogP contribution in [0, 0.1) is 21.4 Å². The summed E-state index contributed by atoms with van der Waals surface area (Å²) in [6.07, 6.45) is -4.72. The average molecular weight is 594 g/mol. The molecule has 0 saturated carbocycles. The van der Waals surface area contributed by atoms with E-state index >= 15 is 0 Å². The summed E-state index contributed by atoms with van der Waals surface area (Å²) in [6, 6.07) is 12.9. The van der Waals surface area contributed by atoms with E-state index in [0.29, 0.717) is 16.8 Å². The van der Waals surface area contributed by atoms with Crippen LogP contribution in [0.25, 0.3) is 22.2 Å². The van der Waals surface area contributed by atoms with Gasteiger partial charge in [-0.1, -0.05) is 24.3 Å². The monoisotopic (exact) mass is 593 g/mol. The zero-order valence-corrected chi connectivity index (χ0v) is 22.4. The smallest absolute Gasteiger partial charge is 0.434 e. The maximum Gasteiger partial charge on any atom is 0.434 e. The van der Waals surface area contributed by atoms with Gasteiger partial charge in [0.05, 0.1) is 39.9 Å². The lowest BCUT2D eigenvalue weighted by Gasteiger charge is -2.32. The highest BCUT2D eigenvalue weighted by molar-refractivity contribution is 7.07. The van der Waals surface area contributed by atoms with Crippen molar-refractivity contribution in [3.63, 3.8) is 0 Å². The zero-order chi connectivity index (χ0) is 30.1. The van der Waals surface area contributed by atoms with Crippen LogP contribution in [0.4, 0.5) is 18.9 Å². The van der Waals surface area contributed by atoms with Crippen molar-refractivity contribution < 1.29 is 27.6 Å². The second-order valence-electron chi connectivity index (χ2n) is 9.07. The van der Waals surface area contributed by atoms with Crippen LogP contribution in [0.15, 0.2) is 65.6 Å². The Hall–Kier alpha value is -5.23. The SMILES string of the molecule is CC[C@](OC(=O)c1ccc([N+](=O)[O-])cc1)(c1cn(Cc2ccc3c(-c4cscn4)cc(C#N)nc3c2)nn1)C(F)(F)F. The van der Waals surface area contributed by atoms with Crippen LogP contribution < -0.4 is 0 Å². The number of thiazole rings is 1. The van der Waals surface area contributed by atoms with Gasteiger partial charge in [0, 0.05) is 28.5 Å². The number of fused-ring (bicyclic) bond motifs is 1. The van der Waals surface area contributed by atoms with Gasteiger partial charge in [-0.05, 0) is 36.2 Å². The molecule has 0 amide bonds. The molecule has 3 heterocycles. The number of halogens is 3. The molecule has 5 aromatic rings. The predicted molar refractivity (Wildman–Crippen MR) is 143 cm³/mol. The van der Waals surface area contributed by atoms with Crippen molar-refractivity contribution in [3.8, 4) is 17.3 Å². The van der Waals surface area contributed by atoms with Gasteiger partial charge in [-0.15, -0.1) is 16.4 Å². The van der Waals surface area contributed by atoms with Crippen molar-refractivity contribution in [2.24, 2.45) is 0 Å². The van der Waals surface area contributed by atoms with Crippen molar-refractivity contribution in [1.29, 1.82) is 5.26 Å². The number of carbonyl (C=O) groups excluding carboxylic acids is 1. The Kier molecular flexibility index (Phi) is 7.40. The molecule has 0 bridgehead atoms. The van der Waals surface area contributed by atoms with Gasteiger partial charge in [-0.2, -0.15) is 18.4 Å². The number of alkyl halides is 3. The normalized spacial score (nSPS) is 12.9. The summed E-state index contributed by atoms with van der Waals surface area (Å²) in [5.74, 6) is -1.33. The Bertz CT molecular complexity index is 1830. The average Bonchev–Trinajstić information content (AvgIpc) is 3.67. The lowest BCUT2D eigenvalue weighted by atomic mass is 9.95. The molecule has 0 aliphatic rings. The molecule has 0 unspecified atom stereocenters. The lowest BCUT2D eigenvalue weighted by molar-refractivity contribution is -0.384. The highest BCUT2D eigenvalue weighted by atomic mass is 32.1. The number of esters is 1. The summed E-state index contributed by atoms with van der Waals surface area (Å²) in [5.41, 5.74) is -0.0319. The largest absolute Gasteiger partial charge is 0.439 e. The molecule has 0 saturated heterocycles. The minimum absolute atomic E-state index is 0.00138. The molecule has 15 heteroatoms. The van der Waals surface area contributed by atoms with Gasteiger partial charge in [0.15, 0.2) is 0 Å². The molecular formula is C27H18F3N7O4S. The number of nitro groups is 1. The zero-order valence-electron chi connectivity index (χ0n) is 21.6. The summed E-state index contributed by atoms with van der Waals surface area (Å²) in [6.45, 7) is 1.19. The molecule has 0 N–H and O–H groups in total. The van der Waals surface area contributed by atoms with Crippen LogP contribution in [0.1, 0.15) is 40.7 Å². The molecule has 42 heavy (non-hydrogen) atoms. The van der Waals surface area contributed by atoms with Gasteiger partial charge in [0.1, 0.15) is 17.5 Å². The summed E-state index contributed by atoms with van der Waals surface area (Å²) >= 11 is 1.40. The minimum atomic E-state index is -5.06. The van der Waals surface area contributed by atoms with Crippen molar-refractivity contribution in [2.45, 2.75) is 31.7 Å².